The predicted octanol–water partition coefficient (Wildman–Crippen LogP) is 4.80. The van der Waals surface area contributed by atoms with Gasteiger partial charge < -0.3 is 24.6 Å². The molecule has 2 aromatic carbocycles. The molecule has 0 saturated carbocycles. The van der Waals surface area contributed by atoms with Crippen LogP contribution in [0.15, 0.2) is 42.5 Å². The summed E-state index contributed by atoms with van der Waals surface area (Å²) in [6.07, 6.45) is 3.31. The molecule has 1 aliphatic carbocycles. The average molecular weight is 498 g/mol. The summed E-state index contributed by atoms with van der Waals surface area (Å²) in [6, 6.07) is 14.5. The van der Waals surface area contributed by atoms with Crippen molar-refractivity contribution in [2.24, 2.45) is 5.92 Å². The zero-order valence-corrected chi connectivity index (χ0v) is 22.5. The van der Waals surface area contributed by atoms with Crippen LogP contribution in [0.4, 0.5) is 0 Å². The van der Waals surface area contributed by atoms with E-state index in [-0.39, 0.29) is 24.2 Å². The number of rotatable bonds is 14. The van der Waals surface area contributed by atoms with Crippen LogP contribution in [-0.4, -0.2) is 49.6 Å². The van der Waals surface area contributed by atoms with Gasteiger partial charge in [-0.05, 0) is 93.7 Å². The molecular weight excluding hydrogens is 454 g/mol. The number of benzene rings is 2. The summed E-state index contributed by atoms with van der Waals surface area (Å²) >= 11 is 0. The van der Waals surface area contributed by atoms with E-state index in [2.05, 4.69) is 43.4 Å². The van der Waals surface area contributed by atoms with Crippen molar-refractivity contribution in [1.29, 1.82) is 0 Å². The van der Waals surface area contributed by atoms with Gasteiger partial charge in [-0.15, -0.1) is 0 Å². The topological polar surface area (TPSA) is 77.0 Å². The van der Waals surface area contributed by atoms with Crippen molar-refractivity contribution in [3.63, 3.8) is 0 Å². The third kappa shape index (κ3) is 8.32. The first-order chi connectivity index (χ1) is 17.2. The normalized spacial score (nSPS) is 15.4. The van der Waals surface area contributed by atoms with Crippen molar-refractivity contribution in [2.45, 2.75) is 77.5 Å². The number of fused-ring (bicyclic) bond motifs is 1. The lowest BCUT2D eigenvalue weighted by Gasteiger charge is -2.31. The van der Waals surface area contributed by atoms with Gasteiger partial charge in [0, 0.05) is 18.5 Å². The summed E-state index contributed by atoms with van der Waals surface area (Å²) in [5, 5.41) is 14.2. The number of esters is 1. The molecule has 0 bridgehead atoms. The van der Waals surface area contributed by atoms with Crippen LogP contribution in [0.3, 0.4) is 0 Å². The molecule has 2 aromatic rings. The molecule has 0 amide bonds. The van der Waals surface area contributed by atoms with E-state index in [0.29, 0.717) is 31.9 Å². The third-order valence-electron chi connectivity index (χ3n) is 6.98. The molecule has 198 valence electrons. The van der Waals surface area contributed by atoms with Gasteiger partial charge in [0.1, 0.15) is 5.75 Å². The number of hydrogen-bond acceptors (Lipinski definition) is 6. The van der Waals surface area contributed by atoms with E-state index in [1.165, 1.54) is 11.1 Å². The molecule has 2 atom stereocenters. The van der Waals surface area contributed by atoms with E-state index in [4.69, 9.17) is 14.2 Å². The first-order valence-corrected chi connectivity index (χ1v) is 13.1. The van der Waals surface area contributed by atoms with E-state index >= 15 is 0 Å². The molecule has 0 heterocycles. The Labute approximate surface area is 216 Å². The molecule has 0 aromatic heterocycles. The number of ether oxygens (including phenoxy) is 3. The van der Waals surface area contributed by atoms with Gasteiger partial charge in [0.2, 0.25) is 0 Å². The number of hydrogen-bond donors (Lipinski definition) is 2. The number of aryl methyl sites for hydroxylation is 1. The zero-order chi connectivity index (χ0) is 26.1. The minimum absolute atomic E-state index is 0.0770. The molecule has 0 unspecified atom stereocenters. The van der Waals surface area contributed by atoms with E-state index < -0.39 is 6.10 Å². The average Bonchev–Trinajstić information content (AvgIpc) is 3.26. The molecule has 0 saturated heterocycles. The van der Waals surface area contributed by atoms with Gasteiger partial charge in [-0.3, -0.25) is 4.79 Å². The minimum Gasteiger partial charge on any atom is -0.497 e. The fourth-order valence-electron chi connectivity index (χ4n) is 5.16. The van der Waals surface area contributed by atoms with Gasteiger partial charge >= 0.3 is 5.97 Å². The lowest BCUT2D eigenvalue weighted by atomic mass is 9.88. The number of aliphatic hydroxyl groups is 1. The third-order valence-corrected chi connectivity index (χ3v) is 6.98. The van der Waals surface area contributed by atoms with E-state index in [0.717, 1.165) is 36.1 Å². The largest absolute Gasteiger partial charge is 0.497 e. The van der Waals surface area contributed by atoms with Crippen LogP contribution in [0.25, 0.3) is 0 Å². The quantitative estimate of drug-likeness (QED) is 0.365. The van der Waals surface area contributed by atoms with Crippen LogP contribution in [0.1, 0.15) is 68.9 Å². The summed E-state index contributed by atoms with van der Waals surface area (Å²) in [7, 11) is 1.63. The summed E-state index contributed by atoms with van der Waals surface area (Å²) in [4.78, 5) is 11.8. The Morgan fingerprint density at radius 3 is 2.50 bits per heavy atom. The molecule has 3 rings (SSSR count). The van der Waals surface area contributed by atoms with Gasteiger partial charge in [-0.1, -0.05) is 30.3 Å². The molecule has 0 fully saturated rings. The van der Waals surface area contributed by atoms with Gasteiger partial charge in [0.05, 0.1) is 32.5 Å². The summed E-state index contributed by atoms with van der Waals surface area (Å²) < 4.78 is 16.5. The maximum Gasteiger partial charge on any atom is 0.306 e. The van der Waals surface area contributed by atoms with Crippen LogP contribution >= 0.6 is 0 Å². The van der Waals surface area contributed by atoms with Crippen LogP contribution < -0.4 is 10.1 Å². The number of carbonyl (C=O) groups excluding carboxylic acids is 1. The van der Waals surface area contributed by atoms with Crippen molar-refractivity contribution < 1.29 is 24.1 Å². The molecule has 2 N–H and O–H groups in total. The molecule has 6 nitrogen and oxygen atoms in total. The highest BCUT2D eigenvalue weighted by atomic mass is 16.5. The molecule has 0 aliphatic heterocycles. The fraction of sp³-hybridized carbons (Fsp3) is 0.567. The number of methoxy groups -OCH3 is 1. The van der Waals surface area contributed by atoms with Crippen molar-refractivity contribution in [2.75, 3.05) is 26.9 Å². The zero-order valence-electron chi connectivity index (χ0n) is 22.5. The standard InChI is InChI=1S/C30H43NO5/c1-6-35-29(33)14-12-23-11-13-27(34-5)17-28(23)21(2)36-20-26(32)19-31-30(3,4)18-22-15-24-9-7-8-10-25(24)16-22/h7-11,13,17,21-22,26,31-32H,6,12,14-16,18-20H2,1-5H3/t21-,26-/m1/s1. The first kappa shape index (κ1) is 28.2. The predicted molar refractivity (Wildman–Crippen MR) is 142 cm³/mol. The lowest BCUT2D eigenvalue weighted by Crippen LogP contribution is -2.45. The number of aliphatic hydroxyl groups excluding tert-OH is 1. The van der Waals surface area contributed by atoms with E-state index in [1.807, 2.05) is 32.0 Å². The first-order valence-electron chi connectivity index (χ1n) is 13.1. The van der Waals surface area contributed by atoms with Gasteiger partial charge in [-0.25, -0.2) is 0 Å². The maximum atomic E-state index is 11.8. The van der Waals surface area contributed by atoms with Crippen LogP contribution in [-0.2, 0) is 33.5 Å². The van der Waals surface area contributed by atoms with Crippen LogP contribution in [0, 0.1) is 5.92 Å². The van der Waals surface area contributed by atoms with Gasteiger partial charge in [0.25, 0.3) is 0 Å². The number of nitrogens with one attached hydrogen (secondary N) is 1. The van der Waals surface area contributed by atoms with Crippen LogP contribution in [0.2, 0.25) is 0 Å². The Balaban J connectivity index is 1.48. The van der Waals surface area contributed by atoms with E-state index in [9.17, 15) is 9.90 Å². The Hall–Kier alpha value is -2.41. The highest BCUT2D eigenvalue weighted by Gasteiger charge is 2.28. The maximum absolute atomic E-state index is 11.8. The molecule has 6 heteroatoms. The number of carbonyl (C=O) groups is 1. The minimum atomic E-state index is -0.624. The second-order valence-corrected chi connectivity index (χ2v) is 10.5. The second kappa shape index (κ2) is 13.2. The number of β-amino-alcohol motifs (C(OH)–C–C–N with tert-alkyl or cyclic N) is 1. The molecule has 1 aliphatic rings. The Kier molecular flexibility index (Phi) is 10.3. The fourth-order valence-corrected chi connectivity index (χ4v) is 5.16. The summed E-state index contributed by atoms with van der Waals surface area (Å²) in [5.74, 6) is 1.15. The SMILES string of the molecule is CCOC(=O)CCc1ccc(OC)cc1[C@@H](C)OC[C@H](O)CNC(C)(C)CC1Cc2ccccc2C1. The Morgan fingerprint density at radius 1 is 1.17 bits per heavy atom. The van der Waals surface area contributed by atoms with Crippen molar-refractivity contribution in [1.82, 2.24) is 5.32 Å². The van der Waals surface area contributed by atoms with Crippen molar-refractivity contribution >= 4 is 5.97 Å². The van der Waals surface area contributed by atoms with Gasteiger partial charge in [0.15, 0.2) is 0 Å². The molecular formula is C30H43NO5. The van der Waals surface area contributed by atoms with E-state index in [1.54, 1.807) is 7.11 Å². The lowest BCUT2D eigenvalue weighted by molar-refractivity contribution is -0.143. The Morgan fingerprint density at radius 2 is 1.86 bits per heavy atom. The second-order valence-electron chi connectivity index (χ2n) is 10.5. The summed E-state index contributed by atoms with van der Waals surface area (Å²) in [6.45, 7) is 9.24. The molecule has 36 heavy (non-hydrogen) atoms. The highest BCUT2D eigenvalue weighted by molar-refractivity contribution is 5.69. The highest BCUT2D eigenvalue weighted by Crippen LogP contribution is 2.32. The molecule has 0 spiro atoms. The van der Waals surface area contributed by atoms with Crippen LogP contribution in [0.5, 0.6) is 5.75 Å². The van der Waals surface area contributed by atoms with Crippen molar-refractivity contribution in [3.8, 4) is 5.75 Å². The van der Waals surface area contributed by atoms with Gasteiger partial charge in [-0.2, -0.15) is 0 Å². The smallest absolute Gasteiger partial charge is 0.306 e. The summed E-state index contributed by atoms with van der Waals surface area (Å²) in [5.41, 5.74) is 4.84. The van der Waals surface area contributed by atoms with Crippen molar-refractivity contribution in [3.05, 3.63) is 64.7 Å². The molecule has 0 radical (unpaired) electrons. The Bertz CT molecular complexity index is 964. The monoisotopic (exact) mass is 497 g/mol.